The van der Waals surface area contributed by atoms with E-state index in [4.69, 9.17) is 21.3 Å². The average molecular weight is 605 g/mol. The zero-order chi connectivity index (χ0) is 32.3. The Bertz CT molecular complexity index is 1330. The number of rotatable bonds is 12. The number of esters is 1. The van der Waals surface area contributed by atoms with E-state index in [1.165, 1.54) is 0 Å². The number of aromatic amines is 1. The molecule has 2 heterocycles. The molecule has 0 fully saturated rings. The van der Waals surface area contributed by atoms with Crippen molar-refractivity contribution in [1.82, 2.24) is 15.3 Å². The number of carboxylic acids is 2. The molecule has 0 saturated carbocycles. The summed E-state index contributed by atoms with van der Waals surface area (Å²) in [5.41, 5.74) is 11.8. The van der Waals surface area contributed by atoms with E-state index in [9.17, 15) is 29.1 Å². The molecule has 10 N–H and O–H groups in total. The van der Waals surface area contributed by atoms with Gasteiger partial charge in [-0.1, -0.05) is 13.8 Å². The van der Waals surface area contributed by atoms with Gasteiger partial charge in [0.1, 0.15) is 17.8 Å². The lowest BCUT2D eigenvalue weighted by Gasteiger charge is -2.35. The van der Waals surface area contributed by atoms with E-state index in [0.29, 0.717) is 24.6 Å². The molecule has 16 nitrogen and oxygen atoms in total. The number of aliphatic carboxylic acids is 2. The lowest BCUT2D eigenvalue weighted by Crippen LogP contribution is -2.48. The van der Waals surface area contributed by atoms with Crippen LogP contribution in [0.5, 0.6) is 0 Å². The quantitative estimate of drug-likeness (QED) is 0.151. The van der Waals surface area contributed by atoms with E-state index in [-0.39, 0.29) is 48.5 Å². The van der Waals surface area contributed by atoms with Gasteiger partial charge < -0.3 is 47.3 Å². The molecule has 1 aromatic heterocycles. The SMILES string of the molecule is CC(C)C(N)C(=O)O.CCOC(=O)CCC(NC(=O)c1ccc(NC[C@H]2CNc3nc(N)[nH]c(=O)c3N2C)cc1)C(=O)O. The predicted molar refractivity (Wildman–Crippen MR) is 160 cm³/mol. The number of nitrogens with two attached hydrogens (primary N) is 2. The monoisotopic (exact) mass is 604 g/mol. The van der Waals surface area contributed by atoms with Crippen LogP contribution in [0.4, 0.5) is 23.1 Å². The fourth-order valence-corrected chi connectivity index (χ4v) is 3.93. The number of nitrogens with one attached hydrogen (secondary N) is 4. The smallest absolute Gasteiger partial charge is 0.326 e. The van der Waals surface area contributed by atoms with Crippen molar-refractivity contribution in [1.29, 1.82) is 0 Å². The molecule has 0 radical (unpaired) electrons. The number of carboxylic acid groups (broad SMARTS) is 2. The molecule has 2 unspecified atom stereocenters. The van der Waals surface area contributed by atoms with Crippen LogP contribution in [0.3, 0.4) is 0 Å². The minimum Gasteiger partial charge on any atom is -0.480 e. The second kappa shape index (κ2) is 16.0. The Morgan fingerprint density at radius 2 is 1.81 bits per heavy atom. The summed E-state index contributed by atoms with van der Waals surface area (Å²) in [6.45, 7) is 6.44. The topological polar surface area (TPSA) is 255 Å². The molecule has 0 aliphatic carbocycles. The number of nitrogens with zero attached hydrogens (tertiary/aromatic N) is 2. The average Bonchev–Trinajstić information content (AvgIpc) is 2.94. The van der Waals surface area contributed by atoms with Gasteiger partial charge in [0.05, 0.1) is 12.6 Å². The zero-order valence-electron chi connectivity index (χ0n) is 24.5. The first-order valence-electron chi connectivity index (χ1n) is 13.6. The van der Waals surface area contributed by atoms with Gasteiger partial charge in [-0.15, -0.1) is 0 Å². The summed E-state index contributed by atoms with van der Waals surface area (Å²) in [7, 11) is 1.80. The van der Waals surface area contributed by atoms with Crippen molar-refractivity contribution in [2.75, 3.05) is 48.0 Å². The summed E-state index contributed by atoms with van der Waals surface area (Å²) in [6, 6.07) is 4.54. The summed E-state index contributed by atoms with van der Waals surface area (Å²) in [6.07, 6.45) is -0.186. The van der Waals surface area contributed by atoms with E-state index in [0.717, 1.165) is 5.69 Å². The van der Waals surface area contributed by atoms with Crippen LogP contribution in [0.15, 0.2) is 29.1 Å². The molecule has 1 amide bonds. The van der Waals surface area contributed by atoms with Crippen LogP contribution in [0.25, 0.3) is 0 Å². The number of carbonyl (C=O) groups excluding carboxylic acids is 2. The molecule has 0 bridgehead atoms. The molecule has 0 spiro atoms. The second-order valence-electron chi connectivity index (χ2n) is 10.1. The number of aromatic nitrogens is 2. The third kappa shape index (κ3) is 10.2. The number of H-pyrrole nitrogens is 1. The first kappa shape index (κ1) is 34.3. The van der Waals surface area contributed by atoms with Crippen molar-refractivity contribution in [2.45, 2.75) is 51.7 Å². The van der Waals surface area contributed by atoms with Crippen LogP contribution in [0.2, 0.25) is 0 Å². The number of likely N-dealkylation sites (N-methyl/N-ethyl adjacent to an activating group) is 1. The molecular formula is C27H40N8O8. The number of amides is 1. The molecule has 2 aromatic rings. The van der Waals surface area contributed by atoms with Crippen LogP contribution < -0.4 is 37.9 Å². The second-order valence-corrected chi connectivity index (χ2v) is 10.1. The fourth-order valence-electron chi connectivity index (χ4n) is 3.93. The first-order valence-corrected chi connectivity index (χ1v) is 13.6. The highest BCUT2D eigenvalue weighted by Gasteiger charge is 2.27. The number of fused-ring (bicyclic) bond motifs is 1. The molecule has 16 heteroatoms. The number of anilines is 4. The summed E-state index contributed by atoms with van der Waals surface area (Å²) < 4.78 is 4.79. The summed E-state index contributed by atoms with van der Waals surface area (Å²) in [5, 5.41) is 26.4. The predicted octanol–water partition coefficient (Wildman–Crippen LogP) is 0.275. The normalized spacial score (nSPS) is 15.1. The zero-order valence-corrected chi connectivity index (χ0v) is 24.5. The standard InChI is InChI=1S/C22H29N7O6.C5H11NO2/c1-3-35-16(30)9-8-15(21(33)34)26-19(31)12-4-6-13(7-5-12)24-10-14-11-25-18-17(29(14)2)20(32)28-22(23)27-18;1-3(2)4(6)5(7)8/h4-7,14-15,24H,3,8-11H2,1-2H3,(H,26,31)(H,33,34)(H4,23,25,27,28,32);3-4H,6H2,1-2H3,(H,7,8)/t14-,15?;/m0./s1. The van der Waals surface area contributed by atoms with Crippen LogP contribution in [-0.2, 0) is 19.1 Å². The Hall–Kier alpha value is -4.86. The lowest BCUT2D eigenvalue weighted by atomic mass is 10.1. The van der Waals surface area contributed by atoms with E-state index >= 15 is 0 Å². The summed E-state index contributed by atoms with van der Waals surface area (Å²) >= 11 is 0. The van der Waals surface area contributed by atoms with Crippen LogP contribution in [-0.4, -0.2) is 88.9 Å². The molecule has 1 aliphatic rings. The summed E-state index contributed by atoms with van der Waals surface area (Å²) in [4.78, 5) is 66.1. The number of ether oxygens (including phenoxy) is 1. The van der Waals surface area contributed by atoms with E-state index in [2.05, 4.69) is 25.9 Å². The van der Waals surface area contributed by atoms with Gasteiger partial charge >= 0.3 is 17.9 Å². The minimum atomic E-state index is -1.23. The van der Waals surface area contributed by atoms with Gasteiger partial charge in [0.25, 0.3) is 11.5 Å². The number of hydrogen-bond donors (Lipinski definition) is 8. The number of carbonyl (C=O) groups is 4. The highest BCUT2D eigenvalue weighted by molar-refractivity contribution is 5.97. The molecule has 1 aromatic carbocycles. The lowest BCUT2D eigenvalue weighted by molar-refractivity contribution is -0.144. The van der Waals surface area contributed by atoms with Crippen molar-refractivity contribution in [2.24, 2.45) is 11.7 Å². The Balaban J connectivity index is 0.000000708. The molecule has 3 atom stereocenters. The minimum absolute atomic E-state index is 0.0208. The number of nitrogen functional groups attached to an aromatic ring is 1. The van der Waals surface area contributed by atoms with E-state index in [1.54, 1.807) is 52.1 Å². The molecule has 236 valence electrons. The first-order chi connectivity index (χ1) is 20.2. The maximum atomic E-state index is 12.5. The van der Waals surface area contributed by atoms with Crippen molar-refractivity contribution < 1.29 is 34.1 Å². The third-order valence-corrected chi connectivity index (χ3v) is 6.56. The van der Waals surface area contributed by atoms with Crippen LogP contribution in [0.1, 0.15) is 44.0 Å². The van der Waals surface area contributed by atoms with Crippen LogP contribution in [0, 0.1) is 5.92 Å². The molecule has 0 saturated heterocycles. The van der Waals surface area contributed by atoms with Crippen molar-refractivity contribution in [3.8, 4) is 0 Å². The van der Waals surface area contributed by atoms with Crippen molar-refractivity contribution in [3.05, 3.63) is 40.2 Å². The van der Waals surface area contributed by atoms with Gasteiger partial charge in [-0.3, -0.25) is 24.2 Å². The highest BCUT2D eigenvalue weighted by Crippen LogP contribution is 2.25. The largest absolute Gasteiger partial charge is 0.480 e. The molecule has 3 rings (SSSR count). The van der Waals surface area contributed by atoms with E-state index < -0.39 is 35.9 Å². The Labute approximate surface area is 248 Å². The molecular weight excluding hydrogens is 564 g/mol. The highest BCUT2D eigenvalue weighted by atomic mass is 16.5. The van der Waals surface area contributed by atoms with Gasteiger partial charge in [0.2, 0.25) is 5.95 Å². The summed E-state index contributed by atoms with van der Waals surface area (Å²) in [5.74, 6) is -2.74. The number of hydrogen-bond acceptors (Lipinski definition) is 12. The Morgan fingerprint density at radius 3 is 2.35 bits per heavy atom. The maximum Gasteiger partial charge on any atom is 0.326 e. The van der Waals surface area contributed by atoms with Gasteiger partial charge in [-0.05, 0) is 43.5 Å². The van der Waals surface area contributed by atoms with Gasteiger partial charge in [0.15, 0.2) is 5.82 Å². The molecule has 1 aliphatic heterocycles. The Kier molecular flexibility index (Phi) is 12.7. The third-order valence-electron chi connectivity index (χ3n) is 6.56. The Morgan fingerprint density at radius 1 is 1.16 bits per heavy atom. The fraction of sp³-hybridized carbons (Fsp3) is 0.481. The van der Waals surface area contributed by atoms with E-state index in [1.807, 2.05) is 4.90 Å². The maximum absolute atomic E-state index is 12.5. The van der Waals surface area contributed by atoms with Crippen molar-refractivity contribution >= 4 is 47.0 Å². The number of benzene rings is 1. The van der Waals surface area contributed by atoms with Gasteiger partial charge in [-0.25, -0.2) is 4.79 Å². The van der Waals surface area contributed by atoms with Crippen LogP contribution >= 0.6 is 0 Å². The van der Waals surface area contributed by atoms with Gasteiger partial charge in [0, 0.05) is 37.8 Å². The molecule has 43 heavy (non-hydrogen) atoms. The van der Waals surface area contributed by atoms with Crippen molar-refractivity contribution in [3.63, 3.8) is 0 Å². The van der Waals surface area contributed by atoms with Gasteiger partial charge in [-0.2, -0.15) is 4.98 Å².